The summed E-state index contributed by atoms with van der Waals surface area (Å²) in [5.41, 5.74) is 0. The summed E-state index contributed by atoms with van der Waals surface area (Å²) in [6.07, 6.45) is 6.82. The summed E-state index contributed by atoms with van der Waals surface area (Å²) in [7, 11) is 0. The van der Waals surface area contributed by atoms with E-state index >= 15 is 0 Å². The molecule has 1 aromatic rings. The van der Waals surface area contributed by atoms with Crippen LogP contribution in [0.25, 0.3) is 0 Å². The van der Waals surface area contributed by atoms with Crippen molar-refractivity contribution in [2.24, 2.45) is 0 Å². The van der Waals surface area contributed by atoms with E-state index < -0.39 is 0 Å². The molecule has 0 N–H and O–H groups in total. The first kappa shape index (κ1) is 6.33. The zero-order valence-electron chi connectivity index (χ0n) is 5.91. The summed E-state index contributed by atoms with van der Waals surface area (Å²) in [4.78, 5) is 3.95. The lowest BCUT2D eigenvalue weighted by atomic mass is 10.3. The molecule has 0 saturated heterocycles. The highest BCUT2D eigenvalue weighted by molar-refractivity contribution is 4.77. The molecule has 2 nitrogen and oxygen atoms in total. The van der Waals surface area contributed by atoms with Crippen LogP contribution in [0.15, 0.2) is 18.7 Å². The third-order valence-corrected chi connectivity index (χ3v) is 1.62. The fourth-order valence-corrected chi connectivity index (χ4v) is 0.741. The Hall–Kier alpha value is -0.790. The van der Waals surface area contributed by atoms with E-state index in [1.807, 2.05) is 18.7 Å². The van der Waals surface area contributed by atoms with Gasteiger partial charge in [0.1, 0.15) is 0 Å². The van der Waals surface area contributed by atoms with Crippen LogP contribution in [-0.2, 0) is 0 Å². The normalized spacial score (nSPS) is 13.6. The molecular weight excluding hydrogens is 112 g/mol. The van der Waals surface area contributed by atoms with Gasteiger partial charge >= 0.3 is 0 Å². The lowest BCUT2D eigenvalue weighted by Crippen LogP contribution is -1.99. The summed E-state index contributed by atoms with van der Waals surface area (Å²) in [6, 6.07) is 0.590. The van der Waals surface area contributed by atoms with Crippen LogP contribution in [0.5, 0.6) is 0 Å². The molecule has 1 aromatic heterocycles. The average Bonchev–Trinajstić information content (AvgIpc) is 2.37. The maximum Gasteiger partial charge on any atom is 0.0948 e. The zero-order chi connectivity index (χ0) is 6.69. The minimum absolute atomic E-state index is 0.590. The number of nitrogens with zero attached hydrogens (tertiary/aromatic N) is 2. The minimum Gasteiger partial charge on any atom is -0.335 e. The Balaban J connectivity index is 2.65. The molecule has 0 bridgehead atoms. The molecule has 0 unspecified atom stereocenters. The van der Waals surface area contributed by atoms with E-state index in [9.17, 15) is 0 Å². The third-order valence-electron chi connectivity index (χ3n) is 1.62. The van der Waals surface area contributed by atoms with Gasteiger partial charge in [0.15, 0.2) is 0 Å². The van der Waals surface area contributed by atoms with Crippen molar-refractivity contribution in [3.8, 4) is 0 Å². The maximum absolute atomic E-state index is 3.95. The molecule has 0 saturated carbocycles. The Morgan fingerprint density at radius 3 is 2.89 bits per heavy atom. The molecule has 0 aliphatic rings. The predicted octanol–water partition coefficient (Wildman–Crippen LogP) is 1.85. The summed E-state index contributed by atoms with van der Waals surface area (Å²) in [6.45, 7) is 4.35. The van der Waals surface area contributed by atoms with Crippen LogP contribution in [-0.4, -0.2) is 9.55 Å². The maximum atomic E-state index is 3.95. The number of hydrogen-bond acceptors (Lipinski definition) is 1. The first-order valence-electron chi connectivity index (χ1n) is 3.32. The number of imidazole rings is 1. The van der Waals surface area contributed by atoms with E-state index in [2.05, 4.69) is 23.4 Å². The summed E-state index contributed by atoms with van der Waals surface area (Å²) >= 11 is 0. The van der Waals surface area contributed by atoms with E-state index in [-0.39, 0.29) is 0 Å². The smallest absolute Gasteiger partial charge is 0.0948 e. The Bertz CT molecular complexity index is 155. The summed E-state index contributed by atoms with van der Waals surface area (Å²) in [5, 5.41) is 0. The highest BCUT2D eigenvalue weighted by atomic mass is 15.0. The van der Waals surface area contributed by atoms with Crippen molar-refractivity contribution < 1.29 is 0 Å². The molecule has 1 heterocycles. The monoisotopic (exact) mass is 124 g/mol. The first-order valence-corrected chi connectivity index (χ1v) is 3.32. The Labute approximate surface area is 55.5 Å². The molecule has 9 heavy (non-hydrogen) atoms. The van der Waals surface area contributed by atoms with E-state index in [4.69, 9.17) is 0 Å². The second-order valence-corrected chi connectivity index (χ2v) is 2.27. The molecule has 2 heteroatoms. The van der Waals surface area contributed by atoms with E-state index in [0.717, 1.165) is 6.42 Å². The van der Waals surface area contributed by atoms with Crippen LogP contribution >= 0.6 is 0 Å². The van der Waals surface area contributed by atoms with Crippen LogP contribution < -0.4 is 0 Å². The lowest BCUT2D eigenvalue weighted by Gasteiger charge is -2.07. The van der Waals surface area contributed by atoms with Crippen LogP contribution in [0.1, 0.15) is 26.3 Å². The Kier molecular flexibility index (Phi) is 1.88. The summed E-state index contributed by atoms with van der Waals surface area (Å²) in [5.74, 6) is 0. The standard InChI is InChI=1S/C7H12N2/c1-3-7(2)9-5-4-8-6-9/h4-7H,3H2,1-2H3/t7-/m0/s1. The number of hydrogen-bond donors (Lipinski definition) is 0. The molecular formula is C7H12N2. The van der Waals surface area contributed by atoms with Crippen molar-refractivity contribution in [1.82, 2.24) is 9.55 Å². The third kappa shape index (κ3) is 1.31. The van der Waals surface area contributed by atoms with Crippen molar-refractivity contribution in [1.29, 1.82) is 0 Å². The molecule has 0 aliphatic heterocycles. The Morgan fingerprint density at radius 1 is 1.67 bits per heavy atom. The van der Waals surface area contributed by atoms with Gasteiger partial charge in [-0.2, -0.15) is 0 Å². The quantitative estimate of drug-likeness (QED) is 0.588. The van der Waals surface area contributed by atoms with Crippen molar-refractivity contribution in [2.45, 2.75) is 26.3 Å². The molecule has 1 atom stereocenters. The van der Waals surface area contributed by atoms with Crippen molar-refractivity contribution in [3.63, 3.8) is 0 Å². The van der Waals surface area contributed by atoms with Crippen LogP contribution in [0.3, 0.4) is 0 Å². The van der Waals surface area contributed by atoms with Gasteiger partial charge in [-0.05, 0) is 13.3 Å². The van der Waals surface area contributed by atoms with Gasteiger partial charge in [-0.25, -0.2) is 4.98 Å². The minimum atomic E-state index is 0.590. The second-order valence-electron chi connectivity index (χ2n) is 2.27. The molecule has 1 rings (SSSR count). The van der Waals surface area contributed by atoms with E-state index in [1.54, 1.807) is 0 Å². The van der Waals surface area contributed by atoms with Gasteiger partial charge in [-0.3, -0.25) is 0 Å². The van der Waals surface area contributed by atoms with Crippen molar-refractivity contribution >= 4 is 0 Å². The molecule has 50 valence electrons. The molecule has 0 spiro atoms. The molecule has 0 fully saturated rings. The largest absolute Gasteiger partial charge is 0.335 e. The lowest BCUT2D eigenvalue weighted by molar-refractivity contribution is 0.530. The van der Waals surface area contributed by atoms with E-state index in [0.29, 0.717) is 6.04 Å². The van der Waals surface area contributed by atoms with Crippen LogP contribution in [0.4, 0.5) is 0 Å². The van der Waals surface area contributed by atoms with Gasteiger partial charge in [0.25, 0.3) is 0 Å². The van der Waals surface area contributed by atoms with Gasteiger partial charge < -0.3 is 4.57 Å². The van der Waals surface area contributed by atoms with Gasteiger partial charge in [-0.1, -0.05) is 6.92 Å². The number of rotatable bonds is 2. The zero-order valence-corrected chi connectivity index (χ0v) is 5.91. The molecule has 0 aliphatic carbocycles. The van der Waals surface area contributed by atoms with Gasteiger partial charge in [0.05, 0.1) is 6.33 Å². The fourth-order valence-electron chi connectivity index (χ4n) is 0.741. The van der Waals surface area contributed by atoms with Gasteiger partial charge in [-0.15, -0.1) is 0 Å². The fraction of sp³-hybridized carbons (Fsp3) is 0.571. The topological polar surface area (TPSA) is 17.8 Å². The van der Waals surface area contributed by atoms with Crippen molar-refractivity contribution in [2.75, 3.05) is 0 Å². The predicted molar refractivity (Wildman–Crippen MR) is 37.2 cm³/mol. The molecule has 0 radical (unpaired) electrons. The SMILES string of the molecule is CC[C@H](C)n1ccnc1. The average molecular weight is 124 g/mol. The first-order chi connectivity index (χ1) is 4.34. The summed E-state index contributed by atoms with van der Waals surface area (Å²) < 4.78 is 2.11. The van der Waals surface area contributed by atoms with Crippen molar-refractivity contribution in [3.05, 3.63) is 18.7 Å². The van der Waals surface area contributed by atoms with Gasteiger partial charge in [0.2, 0.25) is 0 Å². The molecule has 0 aromatic carbocycles. The van der Waals surface area contributed by atoms with Crippen LogP contribution in [0, 0.1) is 0 Å². The van der Waals surface area contributed by atoms with Crippen LogP contribution in [0.2, 0.25) is 0 Å². The second kappa shape index (κ2) is 2.67. The van der Waals surface area contributed by atoms with Gasteiger partial charge in [0, 0.05) is 18.4 Å². The number of aromatic nitrogens is 2. The van der Waals surface area contributed by atoms with E-state index in [1.165, 1.54) is 0 Å². The highest BCUT2D eigenvalue weighted by Gasteiger charge is 1.96. The Morgan fingerprint density at radius 2 is 2.44 bits per heavy atom. The highest BCUT2D eigenvalue weighted by Crippen LogP contribution is 2.06. The molecule has 0 amide bonds.